The molecule has 2 aliphatic heterocycles. The summed E-state index contributed by atoms with van der Waals surface area (Å²) in [5.74, 6) is 0.419. The van der Waals surface area contributed by atoms with Crippen molar-refractivity contribution in [2.75, 3.05) is 45.9 Å². The Morgan fingerprint density at radius 3 is 1.97 bits per heavy atom. The van der Waals surface area contributed by atoms with Crippen LogP contribution in [0.1, 0.15) is 113 Å². The Hall–Kier alpha value is -6.55. The van der Waals surface area contributed by atoms with Crippen LogP contribution in [0, 0.1) is 12.3 Å². The molecule has 14 nitrogen and oxygen atoms in total. The van der Waals surface area contributed by atoms with Crippen LogP contribution in [-0.4, -0.2) is 123 Å². The molecule has 0 aliphatic carbocycles. The smallest absolute Gasteiger partial charge is 0.246 e. The first-order chi connectivity index (χ1) is 35.6. The Bertz CT molecular complexity index is 2670. The van der Waals surface area contributed by atoms with Crippen molar-refractivity contribution >= 4 is 46.1 Å². The van der Waals surface area contributed by atoms with E-state index in [0.717, 1.165) is 107 Å². The molecule has 0 radical (unpaired) electrons. The largest absolute Gasteiger partial charge is 0.508 e. The molecule has 74 heavy (non-hydrogen) atoms. The maximum Gasteiger partial charge on any atom is 0.246 e. The first kappa shape index (κ1) is 55.2. The van der Waals surface area contributed by atoms with Crippen LogP contribution in [-0.2, 0) is 25.7 Å². The van der Waals surface area contributed by atoms with Crippen LogP contribution < -0.4 is 15.4 Å². The highest BCUT2D eigenvalue weighted by Crippen LogP contribution is 2.36. The Kier molecular flexibility index (Phi) is 19.5. The second-order valence-corrected chi connectivity index (χ2v) is 21.5. The number of rotatable bonds is 22. The second-order valence-electron chi connectivity index (χ2n) is 20.6. The second kappa shape index (κ2) is 26.1. The fourth-order valence-corrected chi connectivity index (χ4v) is 10.6. The lowest BCUT2D eigenvalue weighted by Gasteiger charge is -2.35. The summed E-state index contributed by atoms with van der Waals surface area (Å²) in [6.07, 6.45) is 4.86. The highest BCUT2D eigenvalue weighted by Gasteiger charge is 2.44. The van der Waals surface area contributed by atoms with Gasteiger partial charge in [0, 0.05) is 65.1 Å². The van der Waals surface area contributed by atoms with Crippen molar-refractivity contribution in [2.24, 2.45) is 5.41 Å². The summed E-state index contributed by atoms with van der Waals surface area (Å²) < 4.78 is 6.17. The highest BCUT2D eigenvalue weighted by atomic mass is 32.1. The van der Waals surface area contributed by atoms with Gasteiger partial charge >= 0.3 is 0 Å². The molecule has 5 aromatic rings. The lowest BCUT2D eigenvalue weighted by Crippen LogP contribution is -2.57. The molecular formula is C59H74N6O8S. The zero-order chi connectivity index (χ0) is 52.8. The van der Waals surface area contributed by atoms with Crippen LogP contribution in [0.3, 0.4) is 0 Å². The molecule has 2 saturated heterocycles. The number of amides is 4. The van der Waals surface area contributed by atoms with Gasteiger partial charge in [-0.25, -0.2) is 4.98 Å². The molecule has 5 N–H and O–H groups in total. The molecule has 3 heterocycles. The van der Waals surface area contributed by atoms with Crippen LogP contribution in [0.15, 0.2) is 103 Å². The summed E-state index contributed by atoms with van der Waals surface area (Å²) in [5.41, 5.74) is 9.31. The van der Waals surface area contributed by atoms with Crippen molar-refractivity contribution < 1.29 is 39.2 Å². The minimum Gasteiger partial charge on any atom is -0.508 e. The zero-order valence-corrected chi connectivity index (χ0v) is 44.5. The van der Waals surface area contributed by atoms with Crippen molar-refractivity contribution in [1.29, 1.82) is 0 Å². The van der Waals surface area contributed by atoms with Crippen LogP contribution in [0.4, 0.5) is 0 Å². The molecule has 2 aliphatic rings. The number of hydrogen-bond donors (Lipinski definition) is 5. The molecular weight excluding hydrogens is 953 g/mol. The number of aliphatic hydroxyl groups is 1. The summed E-state index contributed by atoms with van der Waals surface area (Å²) in [4.78, 5) is 65.0. The molecule has 0 bridgehead atoms. The van der Waals surface area contributed by atoms with Gasteiger partial charge in [0.2, 0.25) is 23.6 Å². The number of carbonyl (C=O) groups is 4. The summed E-state index contributed by atoms with van der Waals surface area (Å²) in [6.45, 7) is 14.2. The van der Waals surface area contributed by atoms with E-state index >= 15 is 0 Å². The normalized spacial score (nSPS) is 16.9. The Balaban J connectivity index is 0.774. The topological polar surface area (TPSA) is 185 Å². The van der Waals surface area contributed by atoms with E-state index in [4.69, 9.17) is 4.74 Å². The summed E-state index contributed by atoms with van der Waals surface area (Å²) in [7, 11) is 0. The van der Waals surface area contributed by atoms with E-state index in [9.17, 15) is 34.5 Å². The average molecular weight is 1030 g/mol. The predicted molar refractivity (Wildman–Crippen MR) is 291 cm³/mol. The van der Waals surface area contributed by atoms with Crippen molar-refractivity contribution in [3.63, 3.8) is 0 Å². The van der Waals surface area contributed by atoms with E-state index < -0.39 is 23.6 Å². The molecule has 0 unspecified atom stereocenters. The van der Waals surface area contributed by atoms with Gasteiger partial charge in [-0.3, -0.25) is 24.1 Å². The Morgan fingerprint density at radius 2 is 1.38 bits per heavy atom. The lowest BCUT2D eigenvalue weighted by molar-refractivity contribution is -0.144. The van der Waals surface area contributed by atoms with Crippen molar-refractivity contribution in [3.05, 3.63) is 131 Å². The number of nitrogens with zero attached hydrogens (tertiary/aromatic N) is 4. The lowest BCUT2D eigenvalue weighted by atomic mass is 9.85. The molecule has 7 rings (SSSR count). The Morgan fingerprint density at radius 1 is 0.784 bits per heavy atom. The number of thiazole rings is 1. The molecule has 1 aromatic heterocycles. The number of aliphatic hydroxyl groups excluding tert-OH is 1. The van der Waals surface area contributed by atoms with Gasteiger partial charge < -0.3 is 40.5 Å². The monoisotopic (exact) mass is 1030 g/mol. The molecule has 3 atom stereocenters. The van der Waals surface area contributed by atoms with Gasteiger partial charge in [0.05, 0.1) is 22.2 Å². The number of likely N-dealkylation sites (tertiary alicyclic amines) is 1. The first-order valence-electron chi connectivity index (χ1n) is 26.2. The number of hydrogen-bond acceptors (Lipinski definition) is 11. The third kappa shape index (κ3) is 15.0. The van der Waals surface area contributed by atoms with Gasteiger partial charge in [0.25, 0.3) is 0 Å². The van der Waals surface area contributed by atoms with Gasteiger partial charge in [-0.1, -0.05) is 108 Å². The van der Waals surface area contributed by atoms with Gasteiger partial charge in [0.1, 0.15) is 35.9 Å². The molecule has 0 spiro atoms. The number of allylic oxidation sites excluding steroid dienone is 1. The average Bonchev–Trinajstić information content (AvgIpc) is 4.02. The molecule has 0 saturated carbocycles. The molecule has 4 amide bonds. The molecule has 394 valence electrons. The van der Waals surface area contributed by atoms with E-state index in [2.05, 4.69) is 39.6 Å². The van der Waals surface area contributed by atoms with Crippen LogP contribution in [0.2, 0.25) is 0 Å². The SMILES string of the molecule is CCC(=C(c1ccc(O)cc1)c1ccc(OCCN2CCN(C(=O)CCCCCCCC(=O)N[C@H](C(=O)N3C[C@H](O)C[C@H]3C(=O)NCc3ccc(-c4scnc4C)cc3)C(C)(C)C)CC2)cc1)c1ccc(O)cc1. The van der Waals surface area contributed by atoms with Gasteiger partial charge in [-0.05, 0) is 107 Å². The maximum absolute atomic E-state index is 14.1. The number of aromatic nitrogens is 1. The zero-order valence-electron chi connectivity index (χ0n) is 43.6. The van der Waals surface area contributed by atoms with Crippen molar-refractivity contribution in [3.8, 4) is 27.7 Å². The van der Waals surface area contributed by atoms with E-state index in [-0.39, 0.29) is 61.1 Å². The summed E-state index contributed by atoms with van der Waals surface area (Å²) >= 11 is 1.58. The maximum atomic E-state index is 14.1. The predicted octanol–water partition coefficient (Wildman–Crippen LogP) is 8.96. The number of aryl methyl sites for hydroxylation is 1. The van der Waals surface area contributed by atoms with E-state index in [1.54, 1.807) is 35.6 Å². The van der Waals surface area contributed by atoms with Crippen LogP contribution in [0.25, 0.3) is 21.6 Å². The number of ether oxygens (including phenoxy) is 1. The number of aromatic hydroxyl groups is 2. The third-order valence-electron chi connectivity index (χ3n) is 14.1. The van der Waals surface area contributed by atoms with E-state index in [0.29, 0.717) is 32.5 Å². The number of nitrogens with one attached hydrogen (secondary N) is 2. The van der Waals surface area contributed by atoms with Gasteiger partial charge in [-0.15, -0.1) is 11.3 Å². The number of benzene rings is 4. The molecule has 2 fully saturated rings. The van der Waals surface area contributed by atoms with Crippen LogP contribution in [0.5, 0.6) is 17.2 Å². The van der Waals surface area contributed by atoms with Crippen molar-refractivity contribution in [2.45, 2.75) is 117 Å². The van der Waals surface area contributed by atoms with Gasteiger partial charge in [-0.2, -0.15) is 0 Å². The fourth-order valence-electron chi connectivity index (χ4n) is 9.83. The van der Waals surface area contributed by atoms with Crippen molar-refractivity contribution in [1.82, 2.24) is 30.3 Å². The highest BCUT2D eigenvalue weighted by molar-refractivity contribution is 7.13. The third-order valence-corrected chi connectivity index (χ3v) is 15.1. The minimum absolute atomic E-state index is 0.0181. The molecule has 4 aromatic carbocycles. The number of phenolic OH excluding ortho intramolecular Hbond substituents is 2. The number of carbonyl (C=O) groups excluding carboxylic acids is 4. The summed E-state index contributed by atoms with van der Waals surface area (Å²) in [6, 6.07) is 28.7. The Labute approximate surface area is 440 Å². The van der Waals surface area contributed by atoms with E-state index in [1.165, 1.54) is 4.90 Å². The molecule has 15 heteroatoms. The van der Waals surface area contributed by atoms with E-state index in [1.807, 2.05) is 98.8 Å². The number of β-amino-alcohol motifs (C(OH)–C–C–N with tert-alkyl or cyclic N) is 1. The van der Waals surface area contributed by atoms with Crippen LogP contribution >= 0.6 is 11.3 Å². The number of phenols is 2. The van der Waals surface area contributed by atoms with Gasteiger partial charge in [0.15, 0.2) is 0 Å². The quantitative estimate of drug-likeness (QED) is 0.0331. The summed E-state index contributed by atoms with van der Waals surface area (Å²) in [5, 5.41) is 36.4. The first-order valence-corrected chi connectivity index (χ1v) is 27.1. The number of unbranched alkanes of at least 4 members (excludes halogenated alkanes) is 4. The minimum atomic E-state index is -0.876. The number of piperazine rings is 1. The fraction of sp³-hybridized carbons (Fsp3) is 0.441. The standard InChI is InChI=1S/C59H74N6O8S/c1-6-50(42-18-24-46(66)25-19-42)54(43-20-26-47(67)27-21-43)44-22-28-49(29-23-44)73-35-34-63-30-32-64(33-31-63)53(70)13-11-9-7-8-10-12-52(69)62-56(59(3,4)5)58(72)65-38-48(68)36-51(65)57(71)60-37-41-14-16-45(17-15-41)55-40(2)61-39-74-55/h14-29,39,48,51,56,66-68H,6-13,30-38H2,1-5H3,(H,60,71)(H,62,69)/t48-,51+,56-/m1/s1.